The topological polar surface area (TPSA) is 41.6 Å². The van der Waals surface area contributed by atoms with E-state index < -0.39 is 20.0 Å². The highest BCUT2D eigenvalue weighted by Gasteiger charge is 2.06. The SMILES string of the molecule is [2H]C([2H])([2H])ON(C(=O)Nc1ccc(Br)cc1)C([2H])([2H])[2H]. The fraction of sp³-hybridized carbons (Fsp3) is 0.222. The predicted molar refractivity (Wildman–Crippen MR) is 57.9 cm³/mol. The number of anilines is 1. The van der Waals surface area contributed by atoms with E-state index in [-0.39, 0.29) is 5.06 Å². The summed E-state index contributed by atoms with van der Waals surface area (Å²) in [6.07, 6.45) is 0. The molecule has 1 N–H and O–H groups in total. The van der Waals surface area contributed by atoms with Crippen LogP contribution in [-0.4, -0.2) is 25.1 Å². The van der Waals surface area contributed by atoms with Gasteiger partial charge in [-0.1, -0.05) is 15.9 Å². The Morgan fingerprint density at radius 3 is 2.86 bits per heavy atom. The van der Waals surface area contributed by atoms with Crippen molar-refractivity contribution in [3.05, 3.63) is 28.7 Å². The maximum atomic E-state index is 11.8. The molecule has 0 atom stereocenters. The fourth-order valence-electron chi connectivity index (χ4n) is 0.749. The summed E-state index contributed by atoms with van der Waals surface area (Å²) in [5, 5.41) is 2.05. The van der Waals surface area contributed by atoms with Crippen molar-refractivity contribution in [3.8, 4) is 0 Å². The Kier molecular flexibility index (Phi) is 1.82. The van der Waals surface area contributed by atoms with E-state index in [0.29, 0.717) is 5.69 Å². The summed E-state index contributed by atoms with van der Waals surface area (Å²) in [6.45, 7) is -3.05. The van der Waals surface area contributed by atoms with E-state index in [4.69, 9.17) is 8.22 Å². The fourth-order valence-corrected chi connectivity index (χ4v) is 1.01. The number of benzene rings is 1. The van der Waals surface area contributed by atoms with Crippen molar-refractivity contribution >= 4 is 27.6 Å². The molecule has 1 aromatic rings. The van der Waals surface area contributed by atoms with Crippen molar-refractivity contribution in [2.24, 2.45) is 0 Å². The summed E-state index contributed by atoms with van der Waals surface area (Å²) < 4.78 is 42.7. The number of hydroxylamine groups is 2. The van der Waals surface area contributed by atoms with Gasteiger partial charge in [-0.05, 0) is 24.3 Å². The van der Waals surface area contributed by atoms with E-state index in [9.17, 15) is 4.79 Å². The smallest absolute Gasteiger partial charge is 0.306 e. The van der Waals surface area contributed by atoms with Gasteiger partial charge < -0.3 is 5.32 Å². The molecule has 0 unspecified atom stereocenters. The third-order valence-electron chi connectivity index (χ3n) is 1.37. The lowest BCUT2D eigenvalue weighted by Gasteiger charge is -2.14. The molecule has 0 spiro atoms. The number of nitrogens with zero attached hydrogens (tertiary/aromatic N) is 1. The van der Waals surface area contributed by atoms with Crippen molar-refractivity contribution in [3.63, 3.8) is 0 Å². The van der Waals surface area contributed by atoms with Crippen LogP contribution >= 0.6 is 15.9 Å². The molecular weight excluding hydrogens is 248 g/mol. The second kappa shape index (κ2) is 4.97. The van der Waals surface area contributed by atoms with Crippen LogP contribution in [0.3, 0.4) is 0 Å². The van der Waals surface area contributed by atoms with Gasteiger partial charge in [0.15, 0.2) is 0 Å². The van der Waals surface area contributed by atoms with Crippen LogP contribution in [0.2, 0.25) is 0 Å². The number of carbonyl (C=O) groups excluding carboxylic acids is 1. The van der Waals surface area contributed by atoms with E-state index in [1.165, 1.54) is 12.1 Å². The van der Waals surface area contributed by atoms with E-state index in [1.54, 1.807) is 12.1 Å². The Bertz CT molecular complexity index is 473. The molecule has 76 valence electrons. The average molecular weight is 265 g/mol. The molecule has 0 heterocycles. The molecule has 14 heavy (non-hydrogen) atoms. The third-order valence-corrected chi connectivity index (χ3v) is 1.90. The van der Waals surface area contributed by atoms with Gasteiger partial charge in [0, 0.05) is 21.2 Å². The molecule has 0 bridgehead atoms. The summed E-state index contributed by atoms with van der Waals surface area (Å²) >= 11 is 3.20. The highest BCUT2D eigenvalue weighted by molar-refractivity contribution is 9.10. The van der Waals surface area contributed by atoms with Crippen molar-refractivity contribution in [2.45, 2.75) is 0 Å². The zero-order valence-electron chi connectivity index (χ0n) is 13.0. The van der Waals surface area contributed by atoms with Crippen LogP contribution < -0.4 is 5.32 Å². The molecule has 0 aliphatic heterocycles. The molecule has 0 saturated carbocycles. The van der Waals surface area contributed by atoms with Gasteiger partial charge in [0.2, 0.25) is 0 Å². The Morgan fingerprint density at radius 2 is 2.29 bits per heavy atom. The van der Waals surface area contributed by atoms with Crippen molar-refractivity contribution in [2.75, 3.05) is 19.3 Å². The van der Waals surface area contributed by atoms with E-state index in [2.05, 4.69) is 26.1 Å². The minimum Gasteiger partial charge on any atom is -0.306 e. The van der Waals surface area contributed by atoms with Crippen LogP contribution in [0.4, 0.5) is 10.5 Å². The molecule has 5 heteroatoms. The molecule has 0 aliphatic carbocycles. The predicted octanol–water partition coefficient (Wildman–Crippen LogP) is 2.47. The Balaban J connectivity index is 2.86. The average Bonchev–Trinajstić information content (AvgIpc) is 2.26. The number of carbonyl (C=O) groups is 1. The highest BCUT2D eigenvalue weighted by atomic mass is 79.9. The van der Waals surface area contributed by atoms with Crippen LogP contribution in [-0.2, 0) is 4.84 Å². The van der Waals surface area contributed by atoms with Gasteiger partial charge in [0.05, 0.1) is 11.2 Å². The molecule has 4 nitrogen and oxygen atoms in total. The van der Waals surface area contributed by atoms with Gasteiger partial charge in [0.25, 0.3) is 0 Å². The van der Waals surface area contributed by atoms with Crippen LogP contribution in [0.5, 0.6) is 0 Å². The molecule has 0 aliphatic rings. The van der Waals surface area contributed by atoms with Gasteiger partial charge in [-0.15, -0.1) is 0 Å². The van der Waals surface area contributed by atoms with Crippen LogP contribution in [0, 0.1) is 0 Å². The molecule has 0 radical (unpaired) electrons. The number of hydrogen-bond donors (Lipinski definition) is 1. The Morgan fingerprint density at radius 1 is 1.57 bits per heavy atom. The second-order valence-electron chi connectivity index (χ2n) is 2.32. The van der Waals surface area contributed by atoms with Gasteiger partial charge in [-0.25, -0.2) is 9.86 Å². The van der Waals surface area contributed by atoms with Crippen molar-refractivity contribution < 1.29 is 17.9 Å². The lowest BCUT2D eigenvalue weighted by atomic mass is 10.3. The van der Waals surface area contributed by atoms with E-state index in [0.717, 1.165) is 4.47 Å². The first-order chi connectivity index (χ1) is 8.99. The maximum absolute atomic E-state index is 11.8. The number of halogens is 1. The summed E-state index contributed by atoms with van der Waals surface area (Å²) in [4.78, 5) is 16.0. The first-order valence-electron chi connectivity index (χ1n) is 6.55. The summed E-state index contributed by atoms with van der Waals surface area (Å²) in [5.41, 5.74) is 0.293. The van der Waals surface area contributed by atoms with Gasteiger partial charge >= 0.3 is 6.03 Å². The first kappa shape index (κ1) is 5.14. The summed E-state index contributed by atoms with van der Waals surface area (Å²) in [6, 6.07) is 5.06. The monoisotopic (exact) mass is 264 g/mol. The number of amides is 2. The lowest BCUT2D eigenvalue weighted by molar-refractivity contribution is -0.0598. The number of nitrogens with one attached hydrogen (secondary N) is 1. The standard InChI is InChI=1S/C9H11BrN2O2/c1-12(14-2)9(13)11-8-5-3-7(10)4-6-8/h3-6H,1-2H3,(H,11,13)/i1D3,2D3. The van der Waals surface area contributed by atoms with Gasteiger partial charge in [-0.2, -0.15) is 0 Å². The minimum atomic E-state index is -3.05. The quantitative estimate of drug-likeness (QED) is 0.834. The molecule has 2 amide bonds. The molecular formula is C9H11BrN2O2. The zero-order valence-corrected chi connectivity index (χ0v) is 8.54. The van der Waals surface area contributed by atoms with Gasteiger partial charge in [-0.3, -0.25) is 4.84 Å². The summed E-state index contributed by atoms with van der Waals surface area (Å²) in [5.74, 6) is 0. The van der Waals surface area contributed by atoms with Gasteiger partial charge in [0.1, 0.15) is 0 Å². The number of urea groups is 1. The molecule has 1 aromatic carbocycles. The molecule has 0 fully saturated rings. The molecule has 0 saturated heterocycles. The highest BCUT2D eigenvalue weighted by Crippen LogP contribution is 2.14. The number of hydrogen-bond acceptors (Lipinski definition) is 2. The lowest BCUT2D eigenvalue weighted by Crippen LogP contribution is -2.30. The maximum Gasteiger partial charge on any atom is 0.345 e. The normalized spacial score (nSPS) is 17.8. The van der Waals surface area contributed by atoms with Crippen molar-refractivity contribution in [1.29, 1.82) is 0 Å². The Hall–Kier alpha value is -1.07. The van der Waals surface area contributed by atoms with Crippen molar-refractivity contribution in [1.82, 2.24) is 5.06 Å². The largest absolute Gasteiger partial charge is 0.345 e. The number of rotatable bonds is 2. The van der Waals surface area contributed by atoms with E-state index >= 15 is 0 Å². The second-order valence-corrected chi connectivity index (χ2v) is 3.24. The van der Waals surface area contributed by atoms with E-state index in [1.807, 2.05) is 0 Å². The molecule has 0 aromatic heterocycles. The Labute approximate surface area is 99.4 Å². The first-order valence-corrected chi connectivity index (χ1v) is 4.34. The minimum absolute atomic E-state index is 0.179. The molecule has 1 rings (SSSR count). The third kappa shape index (κ3) is 3.01. The zero-order chi connectivity index (χ0) is 15.6. The van der Waals surface area contributed by atoms with Crippen LogP contribution in [0.1, 0.15) is 8.22 Å². The summed E-state index contributed by atoms with van der Waals surface area (Å²) in [7, 11) is -3.05. The van der Waals surface area contributed by atoms with Crippen LogP contribution in [0.15, 0.2) is 28.7 Å². The van der Waals surface area contributed by atoms with Crippen LogP contribution in [0.25, 0.3) is 0 Å².